The highest BCUT2D eigenvalue weighted by Gasteiger charge is 2.36. The van der Waals surface area contributed by atoms with E-state index >= 15 is 0 Å². The Morgan fingerprint density at radius 3 is 2.62 bits per heavy atom. The molecular weight excluding hydrogens is 390 g/mol. The molecule has 8 nitrogen and oxygen atoms in total. The van der Waals surface area contributed by atoms with Crippen LogP contribution in [0.5, 0.6) is 0 Å². The average Bonchev–Trinajstić information content (AvgIpc) is 3.32. The molecule has 3 heterocycles. The Kier molecular flexibility index (Phi) is 3.85. The number of benzene rings is 2. The van der Waals surface area contributed by atoms with Crippen molar-refractivity contribution < 1.29 is 13.2 Å². The number of nitrogens with one attached hydrogen (secondary N) is 1. The van der Waals surface area contributed by atoms with Crippen LogP contribution in [0.2, 0.25) is 0 Å². The van der Waals surface area contributed by atoms with E-state index in [0.717, 1.165) is 9.69 Å². The first-order chi connectivity index (χ1) is 14.1. The van der Waals surface area contributed by atoms with Crippen molar-refractivity contribution in [1.29, 1.82) is 0 Å². The minimum absolute atomic E-state index is 0.219. The van der Waals surface area contributed by atoms with Crippen molar-refractivity contribution in [2.24, 2.45) is 0 Å². The van der Waals surface area contributed by atoms with Crippen molar-refractivity contribution in [2.45, 2.75) is 4.90 Å². The molecule has 0 fully saturated rings. The standard InChI is InChI=1S/C20H15N5O3S/c26-18(23-15-7-3-10-21-20(15)24-12-4-11-22-24)13-25-16-8-1-5-14-6-2-9-17(19(14)16)29(25,27)28/h1-12H,13H2,(H,23,26). The minimum atomic E-state index is -3.80. The van der Waals surface area contributed by atoms with Crippen LogP contribution < -0.4 is 9.62 Å². The fraction of sp³-hybridized carbons (Fsp3) is 0.0500. The average molecular weight is 405 g/mol. The second kappa shape index (κ2) is 6.42. The summed E-state index contributed by atoms with van der Waals surface area (Å²) >= 11 is 0. The van der Waals surface area contributed by atoms with Crippen LogP contribution in [-0.4, -0.2) is 35.6 Å². The zero-order valence-corrected chi connectivity index (χ0v) is 15.9. The van der Waals surface area contributed by atoms with E-state index < -0.39 is 15.9 Å². The van der Waals surface area contributed by atoms with Gasteiger partial charge in [0.25, 0.3) is 10.0 Å². The van der Waals surface area contributed by atoms with Crippen LogP contribution in [0.4, 0.5) is 11.4 Å². The molecule has 9 heteroatoms. The molecule has 2 aromatic carbocycles. The number of hydrogen-bond acceptors (Lipinski definition) is 5. The summed E-state index contributed by atoms with van der Waals surface area (Å²) in [6, 6.07) is 15.6. The highest BCUT2D eigenvalue weighted by molar-refractivity contribution is 7.93. The minimum Gasteiger partial charge on any atom is -0.321 e. The smallest absolute Gasteiger partial charge is 0.265 e. The third-order valence-corrected chi connectivity index (χ3v) is 6.55. The molecule has 29 heavy (non-hydrogen) atoms. The predicted molar refractivity (Wildman–Crippen MR) is 108 cm³/mol. The first kappa shape index (κ1) is 17.4. The monoisotopic (exact) mass is 405 g/mol. The largest absolute Gasteiger partial charge is 0.321 e. The Morgan fingerprint density at radius 1 is 1.00 bits per heavy atom. The summed E-state index contributed by atoms with van der Waals surface area (Å²) in [6.45, 7) is -0.344. The number of hydrogen-bond donors (Lipinski definition) is 1. The summed E-state index contributed by atoms with van der Waals surface area (Å²) in [6.07, 6.45) is 4.91. The Balaban J connectivity index is 1.47. The van der Waals surface area contributed by atoms with E-state index in [0.29, 0.717) is 22.6 Å². The third-order valence-electron chi connectivity index (χ3n) is 4.75. The number of pyridine rings is 1. The number of carbonyl (C=O) groups is 1. The number of nitrogens with zero attached hydrogens (tertiary/aromatic N) is 4. The molecule has 4 aromatic rings. The zero-order valence-electron chi connectivity index (χ0n) is 15.1. The molecule has 0 saturated heterocycles. The van der Waals surface area contributed by atoms with Gasteiger partial charge in [-0.1, -0.05) is 24.3 Å². The van der Waals surface area contributed by atoms with Crippen LogP contribution >= 0.6 is 0 Å². The van der Waals surface area contributed by atoms with Gasteiger partial charge in [0, 0.05) is 24.0 Å². The van der Waals surface area contributed by atoms with Crippen molar-refractivity contribution in [2.75, 3.05) is 16.2 Å². The molecule has 0 radical (unpaired) electrons. The molecule has 1 N–H and O–H groups in total. The van der Waals surface area contributed by atoms with Crippen molar-refractivity contribution >= 4 is 38.1 Å². The lowest BCUT2D eigenvalue weighted by Crippen LogP contribution is -2.35. The number of amides is 1. The molecule has 144 valence electrons. The number of anilines is 2. The van der Waals surface area contributed by atoms with Crippen LogP contribution in [0.15, 0.2) is 78.1 Å². The molecule has 1 aliphatic rings. The summed E-state index contributed by atoms with van der Waals surface area (Å²) in [5.74, 6) is -0.0275. The number of rotatable bonds is 4. The maximum absolute atomic E-state index is 13.0. The van der Waals surface area contributed by atoms with Crippen LogP contribution in [-0.2, 0) is 14.8 Å². The normalized spacial score (nSPS) is 14.3. The first-order valence-electron chi connectivity index (χ1n) is 8.85. The SMILES string of the molecule is O=C(CN1c2cccc3cccc(c23)S1(=O)=O)Nc1cccnc1-n1cccn1. The third kappa shape index (κ3) is 2.74. The van der Waals surface area contributed by atoms with Crippen molar-refractivity contribution in [3.05, 3.63) is 73.2 Å². The molecular formula is C20H15N5O3S. The second-order valence-corrected chi connectivity index (χ2v) is 8.35. The summed E-state index contributed by atoms with van der Waals surface area (Å²) in [7, 11) is -3.80. The van der Waals surface area contributed by atoms with Gasteiger partial charge < -0.3 is 5.32 Å². The van der Waals surface area contributed by atoms with E-state index in [2.05, 4.69) is 15.4 Å². The molecule has 0 atom stereocenters. The Labute approximate surface area is 166 Å². The summed E-state index contributed by atoms with van der Waals surface area (Å²) < 4.78 is 28.7. The molecule has 5 rings (SSSR count). The van der Waals surface area contributed by atoms with Crippen LogP contribution in [0.25, 0.3) is 16.6 Å². The van der Waals surface area contributed by atoms with Crippen LogP contribution in [0, 0.1) is 0 Å². The highest BCUT2D eigenvalue weighted by Crippen LogP contribution is 2.41. The van der Waals surface area contributed by atoms with Gasteiger partial charge in [0.2, 0.25) is 5.91 Å². The van der Waals surface area contributed by atoms with Gasteiger partial charge in [0.1, 0.15) is 6.54 Å². The number of sulfonamides is 1. The summed E-state index contributed by atoms with van der Waals surface area (Å²) in [5.41, 5.74) is 0.945. The Morgan fingerprint density at radius 2 is 1.83 bits per heavy atom. The number of carbonyl (C=O) groups excluding carboxylic acids is 1. The second-order valence-electron chi connectivity index (χ2n) is 6.52. The van der Waals surface area contributed by atoms with E-state index in [-0.39, 0.29) is 11.4 Å². The lowest BCUT2D eigenvalue weighted by molar-refractivity contribution is -0.114. The summed E-state index contributed by atoms with van der Waals surface area (Å²) in [4.78, 5) is 17.2. The van der Waals surface area contributed by atoms with Gasteiger partial charge in [0.15, 0.2) is 5.82 Å². The van der Waals surface area contributed by atoms with Gasteiger partial charge in [-0.2, -0.15) is 5.10 Å². The van der Waals surface area contributed by atoms with E-state index in [1.807, 2.05) is 12.1 Å². The lowest BCUT2D eigenvalue weighted by Gasteiger charge is -2.18. The maximum Gasteiger partial charge on any atom is 0.265 e. The van der Waals surface area contributed by atoms with E-state index in [1.165, 1.54) is 4.68 Å². The number of aromatic nitrogens is 3. The quantitative estimate of drug-likeness (QED) is 0.563. The van der Waals surface area contributed by atoms with Gasteiger partial charge in [-0.25, -0.2) is 18.1 Å². The summed E-state index contributed by atoms with van der Waals surface area (Å²) in [5, 5.41) is 8.34. The van der Waals surface area contributed by atoms with Gasteiger partial charge in [-0.05, 0) is 35.7 Å². The fourth-order valence-corrected chi connectivity index (χ4v) is 5.19. The van der Waals surface area contributed by atoms with E-state index in [1.54, 1.807) is 61.1 Å². The van der Waals surface area contributed by atoms with E-state index in [4.69, 9.17) is 0 Å². The predicted octanol–water partition coefficient (Wildman–Crippen LogP) is 2.57. The van der Waals surface area contributed by atoms with E-state index in [9.17, 15) is 13.2 Å². The molecule has 0 aliphatic carbocycles. The lowest BCUT2D eigenvalue weighted by atomic mass is 10.1. The van der Waals surface area contributed by atoms with Gasteiger partial charge in [-0.3, -0.25) is 9.10 Å². The molecule has 0 bridgehead atoms. The molecule has 1 aliphatic heterocycles. The Hall–Kier alpha value is -3.72. The fourth-order valence-electron chi connectivity index (χ4n) is 3.52. The molecule has 0 unspecified atom stereocenters. The zero-order chi connectivity index (χ0) is 20.0. The van der Waals surface area contributed by atoms with Crippen molar-refractivity contribution in [1.82, 2.24) is 14.8 Å². The Bertz CT molecular complexity index is 1340. The van der Waals surface area contributed by atoms with Gasteiger partial charge in [-0.15, -0.1) is 0 Å². The maximum atomic E-state index is 13.0. The first-order valence-corrected chi connectivity index (χ1v) is 10.3. The molecule has 1 amide bonds. The molecule has 0 saturated carbocycles. The van der Waals surface area contributed by atoms with Crippen molar-refractivity contribution in [3.8, 4) is 5.82 Å². The highest BCUT2D eigenvalue weighted by atomic mass is 32.2. The van der Waals surface area contributed by atoms with Crippen molar-refractivity contribution in [3.63, 3.8) is 0 Å². The van der Waals surface area contributed by atoms with Crippen LogP contribution in [0.1, 0.15) is 0 Å². The van der Waals surface area contributed by atoms with Gasteiger partial charge in [0.05, 0.1) is 16.3 Å². The topological polar surface area (TPSA) is 97.2 Å². The molecule has 2 aromatic heterocycles. The molecule has 0 spiro atoms. The van der Waals surface area contributed by atoms with Gasteiger partial charge >= 0.3 is 0 Å². The van der Waals surface area contributed by atoms with Crippen LogP contribution in [0.3, 0.4) is 0 Å².